The summed E-state index contributed by atoms with van der Waals surface area (Å²) < 4.78 is 10.3. The Morgan fingerprint density at radius 2 is 2.36 bits per heavy atom. The summed E-state index contributed by atoms with van der Waals surface area (Å²) >= 11 is 0. The third-order valence-corrected chi connectivity index (χ3v) is 1.35. The fraction of sp³-hybridized carbons (Fsp3) is 0.200. The molecule has 2 aromatic heterocycles. The van der Waals surface area contributed by atoms with Crippen LogP contribution in [0.15, 0.2) is 15.7 Å². The molecule has 0 saturated heterocycles. The lowest BCUT2D eigenvalue weighted by Crippen LogP contribution is -1.92. The van der Waals surface area contributed by atoms with Gasteiger partial charge >= 0.3 is 0 Å². The molecule has 0 aliphatic rings. The molecule has 0 amide bonds. The van der Waals surface area contributed by atoms with Gasteiger partial charge in [-0.15, -0.1) is 9.36 Å². The molecule has 6 heteroatoms. The molecule has 56 valence electrons. The van der Waals surface area contributed by atoms with Crippen molar-refractivity contribution in [3.8, 4) is 11.9 Å². The maximum Gasteiger partial charge on any atom is 0.252 e. The molecule has 0 aromatic carbocycles. The van der Waals surface area contributed by atoms with Crippen LogP contribution in [0.25, 0.3) is 5.82 Å². The second kappa shape index (κ2) is 1.79. The summed E-state index contributed by atoms with van der Waals surface area (Å²) in [5.74, 6) is 0.384. The summed E-state index contributed by atoms with van der Waals surface area (Å²) in [5, 5.41) is 8.62. The summed E-state index contributed by atoms with van der Waals surface area (Å²) in [6.07, 6.45) is 1.51. The van der Waals surface area contributed by atoms with E-state index in [-0.39, 0.29) is 0 Å². The fourth-order valence-electron chi connectivity index (χ4n) is 0.768. The Labute approximate surface area is 61.1 Å². The minimum absolute atomic E-state index is 0.384. The van der Waals surface area contributed by atoms with Gasteiger partial charge in [-0.25, -0.2) is 4.98 Å². The van der Waals surface area contributed by atoms with Gasteiger partial charge in [0.2, 0.25) is 0 Å². The van der Waals surface area contributed by atoms with Gasteiger partial charge in [0, 0.05) is 7.05 Å². The Morgan fingerprint density at radius 3 is 2.91 bits per heavy atom. The molecule has 0 aliphatic heterocycles. The summed E-state index contributed by atoms with van der Waals surface area (Å²) in [6, 6.07) is 1.96. The molecule has 2 heterocycles. The van der Waals surface area contributed by atoms with Crippen molar-refractivity contribution >= 4 is 0 Å². The van der Waals surface area contributed by atoms with Crippen LogP contribution < -0.4 is 0 Å². The number of imidazole rings is 1. The predicted molar refractivity (Wildman–Crippen MR) is 31.8 cm³/mol. The summed E-state index contributed by atoms with van der Waals surface area (Å²) in [7, 11) is 1.72. The number of aryl methyl sites for hydroxylation is 1. The van der Waals surface area contributed by atoms with E-state index < -0.39 is 0 Å². The second-order valence-corrected chi connectivity index (χ2v) is 2.05. The van der Waals surface area contributed by atoms with Gasteiger partial charge in [-0.3, -0.25) is 0 Å². The topological polar surface area (TPSA) is 72.8 Å². The third-order valence-electron chi connectivity index (χ3n) is 1.35. The maximum absolute atomic E-state index is 8.62. The lowest BCUT2D eigenvalue weighted by molar-refractivity contribution is 0.264. The molecule has 0 spiro atoms. The van der Waals surface area contributed by atoms with Crippen LogP contribution in [0.3, 0.4) is 0 Å². The van der Waals surface area contributed by atoms with Gasteiger partial charge in [0.1, 0.15) is 6.07 Å². The fourth-order valence-corrected chi connectivity index (χ4v) is 0.768. The molecule has 0 bridgehead atoms. The van der Waals surface area contributed by atoms with Crippen molar-refractivity contribution in [1.29, 1.82) is 5.26 Å². The molecule has 0 unspecified atom stereocenters. The molecule has 0 saturated carbocycles. The highest BCUT2D eigenvalue weighted by atomic mass is 17.3. The first-order valence-electron chi connectivity index (χ1n) is 2.89. The molecular weight excluding hydrogens is 148 g/mol. The first-order chi connectivity index (χ1) is 5.33. The van der Waals surface area contributed by atoms with E-state index in [0.29, 0.717) is 11.5 Å². The zero-order valence-electron chi connectivity index (χ0n) is 5.68. The van der Waals surface area contributed by atoms with Crippen LogP contribution >= 0.6 is 0 Å². The summed E-state index contributed by atoms with van der Waals surface area (Å²) in [5.41, 5.74) is 0.405. The largest absolute Gasteiger partial charge is 0.323 e. The lowest BCUT2D eigenvalue weighted by atomic mass is 10.5. The molecule has 0 aliphatic carbocycles. The number of nitrogens with zero attached hydrogens (tertiary/aromatic N) is 4. The molecule has 6 nitrogen and oxygen atoms in total. The van der Waals surface area contributed by atoms with Crippen molar-refractivity contribution in [2.24, 2.45) is 7.05 Å². The minimum atomic E-state index is 0.384. The zero-order chi connectivity index (χ0) is 7.84. The molecule has 0 radical (unpaired) electrons. The van der Waals surface area contributed by atoms with Gasteiger partial charge in [-0.05, 0) is 0 Å². The third kappa shape index (κ3) is 0.746. The second-order valence-electron chi connectivity index (χ2n) is 2.05. The van der Waals surface area contributed by atoms with Gasteiger partial charge in [0.05, 0.1) is 11.2 Å². The van der Waals surface area contributed by atoms with Crippen LogP contribution in [-0.2, 0) is 7.05 Å². The number of hydrogen-bond acceptors (Lipinski definition) is 4. The number of nitriles is 1. The first-order valence-corrected chi connectivity index (χ1v) is 2.89. The highest BCUT2D eigenvalue weighted by molar-refractivity contribution is 5.36. The van der Waals surface area contributed by atoms with Crippen LogP contribution in [0, 0.1) is 11.3 Å². The van der Waals surface area contributed by atoms with Crippen LogP contribution in [0.5, 0.6) is 0 Å². The van der Waals surface area contributed by atoms with E-state index in [1.54, 1.807) is 11.6 Å². The Balaban J connectivity index is 2.59. The van der Waals surface area contributed by atoms with E-state index in [9.17, 15) is 0 Å². The van der Waals surface area contributed by atoms with Crippen molar-refractivity contribution in [2.45, 2.75) is 0 Å². The standard InChI is InChI=1S/C5H4N4O2/c1-8-3-7-5(4(8)2-6)9-10-11-9/h3H,1H3. The molecule has 11 heavy (non-hydrogen) atoms. The Hall–Kier alpha value is -1.90. The Kier molecular flexibility index (Phi) is 0.953. The lowest BCUT2D eigenvalue weighted by Gasteiger charge is -1.86. The maximum atomic E-state index is 8.62. The SMILES string of the molecule is Cn1cnc(-n2oo2)c1C#N. The van der Waals surface area contributed by atoms with Crippen molar-refractivity contribution in [3.63, 3.8) is 0 Å². The van der Waals surface area contributed by atoms with Crippen LogP contribution in [0.4, 0.5) is 0 Å². The molecule has 2 aromatic rings. The Morgan fingerprint density at radius 1 is 1.64 bits per heavy atom. The van der Waals surface area contributed by atoms with Gasteiger partial charge in [-0.2, -0.15) is 5.26 Å². The molecule has 0 N–H and O–H groups in total. The monoisotopic (exact) mass is 152 g/mol. The van der Waals surface area contributed by atoms with E-state index in [1.807, 2.05) is 6.07 Å². The zero-order valence-corrected chi connectivity index (χ0v) is 5.68. The molecule has 2 rings (SSSR count). The summed E-state index contributed by atoms with van der Waals surface area (Å²) in [6.45, 7) is 0. The van der Waals surface area contributed by atoms with Gasteiger partial charge in [-0.1, -0.05) is 0 Å². The smallest absolute Gasteiger partial charge is 0.252 e. The van der Waals surface area contributed by atoms with E-state index in [0.717, 1.165) is 4.91 Å². The van der Waals surface area contributed by atoms with Crippen molar-refractivity contribution in [3.05, 3.63) is 12.0 Å². The van der Waals surface area contributed by atoms with Crippen molar-refractivity contribution in [2.75, 3.05) is 0 Å². The molecule has 0 fully saturated rings. The van der Waals surface area contributed by atoms with E-state index in [1.165, 1.54) is 6.33 Å². The average Bonchev–Trinajstić information content (AvgIpc) is 2.76. The highest BCUT2D eigenvalue weighted by Crippen LogP contribution is 2.12. The normalized spacial score (nSPS) is 10.2. The number of rotatable bonds is 1. The predicted octanol–water partition coefficient (Wildman–Crippen LogP) is 0.268. The van der Waals surface area contributed by atoms with Crippen LogP contribution in [0.1, 0.15) is 5.69 Å². The van der Waals surface area contributed by atoms with Gasteiger partial charge < -0.3 is 4.57 Å². The molecular formula is C5H4N4O2. The van der Waals surface area contributed by atoms with Crippen LogP contribution in [0.2, 0.25) is 0 Å². The van der Waals surface area contributed by atoms with E-state index in [4.69, 9.17) is 5.26 Å². The molecule has 0 atom stereocenters. The van der Waals surface area contributed by atoms with E-state index in [2.05, 4.69) is 14.3 Å². The van der Waals surface area contributed by atoms with Gasteiger partial charge in [0.25, 0.3) is 5.82 Å². The van der Waals surface area contributed by atoms with E-state index >= 15 is 0 Å². The Bertz CT molecular complexity index is 387. The minimum Gasteiger partial charge on any atom is -0.323 e. The first kappa shape index (κ1) is 5.85. The van der Waals surface area contributed by atoms with Gasteiger partial charge in [0.15, 0.2) is 5.69 Å². The average molecular weight is 152 g/mol. The van der Waals surface area contributed by atoms with Crippen molar-refractivity contribution < 1.29 is 9.36 Å². The number of aromatic nitrogens is 3. The number of hydrogen-bond donors (Lipinski definition) is 0. The highest BCUT2D eigenvalue weighted by Gasteiger charge is 2.17. The van der Waals surface area contributed by atoms with Crippen molar-refractivity contribution in [1.82, 2.24) is 14.5 Å². The quantitative estimate of drug-likeness (QED) is 0.549. The summed E-state index contributed by atoms with van der Waals surface area (Å²) in [4.78, 5) is 4.93. The van der Waals surface area contributed by atoms with Crippen LogP contribution in [-0.4, -0.2) is 14.5 Å².